The number of pyridine rings is 1. The van der Waals surface area contributed by atoms with Gasteiger partial charge in [0.2, 0.25) is 0 Å². The van der Waals surface area contributed by atoms with E-state index in [1.165, 1.54) is 6.20 Å². The number of aliphatic hydroxyl groups excluding tert-OH is 1. The molecule has 11 heteroatoms. The summed E-state index contributed by atoms with van der Waals surface area (Å²) in [6.07, 6.45) is 10.3. The minimum Gasteiger partial charge on any atom is -0.404 e. The molecule has 2 aromatic rings. The van der Waals surface area contributed by atoms with E-state index in [-0.39, 0.29) is 29.9 Å². The number of nitrogens with zero attached hydrogens (tertiary/aromatic N) is 5. The number of nitrogens with one attached hydrogen (secondary N) is 2. The van der Waals surface area contributed by atoms with E-state index in [4.69, 9.17) is 5.73 Å². The number of amides is 2. The van der Waals surface area contributed by atoms with Crippen LogP contribution in [-0.4, -0.2) is 82.1 Å². The van der Waals surface area contributed by atoms with Crippen LogP contribution in [0.2, 0.25) is 0 Å². The van der Waals surface area contributed by atoms with E-state index in [1.807, 2.05) is 0 Å². The molecule has 0 unspecified atom stereocenters. The van der Waals surface area contributed by atoms with E-state index >= 15 is 0 Å². The van der Waals surface area contributed by atoms with E-state index in [0.29, 0.717) is 36.6 Å². The topological polar surface area (TPSA) is 151 Å². The van der Waals surface area contributed by atoms with Gasteiger partial charge in [0.25, 0.3) is 11.8 Å². The van der Waals surface area contributed by atoms with Crippen LogP contribution in [0, 0.1) is 0 Å². The van der Waals surface area contributed by atoms with Gasteiger partial charge < -0.3 is 26.4 Å². The van der Waals surface area contributed by atoms with Gasteiger partial charge >= 0.3 is 0 Å². The van der Waals surface area contributed by atoms with Gasteiger partial charge in [0.15, 0.2) is 5.69 Å². The summed E-state index contributed by atoms with van der Waals surface area (Å²) in [5.74, 6) is -0.754. The molecule has 4 heterocycles. The number of anilines is 1. The van der Waals surface area contributed by atoms with Gasteiger partial charge in [0.1, 0.15) is 5.69 Å². The lowest BCUT2D eigenvalue weighted by Crippen LogP contribution is -2.36. The predicted octanol–water partition coefficient (Wildman–Crippen LogP) is 1.83. The fourth-order valence-electron chi connectivity index (χ4n) is 4.62. The first-order valence-electron chi connectivity index (χ1n) is 13.0. The Morgan fingerprint density at radius 3 is 2.65 bits per heavy atom. The monoisotopic (exact) mass is 508 g/mol. The number of carbonyl (C=O) groups excluding carboxylic acids is 2. The number of aromatic nitrogens is 3. The highest BCUT2D eigenvalue weighted by molar-refractivity contribution is 6.10. The van der Waals surface area contributed by atoms with Crippen LogP contribution in [0.25, 0.3) is 5.57 Å². The lowest BCUT2D eigenvalue weighted by Gasteiger charge is -2.31. The number of nitrogens with two attached hydrogens (primary N) is 1. The van der Waals surface area contributed by atoms with Crippen LogP contribution in [0.3, 0.4) is 0 Å². The Morgan fingerprint density at radius 1 is 1.08 bits per heavy atom. The summed E-state index contributed by atoms with van der Waals surface area (Å²) < 4.78 is 1.79. The standard InChI is InChI=1S/C26H36N8O3/c27-16-19-17-28-10-3-1-2-4-11-29-26(37)24-23(31-25(36)22-7-5-6-21(19)30-22)18-34(32-24)20-8-12-33(13-9-20)14-15-35/h5-7,16-18,20,35H,1-4,8-15,27H2,(H,29,37)(H,31,36). The molecule has 1 fully saturated rings. The van der Waals surface area contributed by atoms with Crippen molar-refractivity contribution in [3.63, 3.8) is 0 Å². The number of carbonyl (C=O) groups is 2. The van der Waals surface area contributed by atoms with Crippen LogP contribution in [0.1, 0.15) is 71.2 Å². The van der Waals surface area contributed by atoms with Crippen molar-refractivity contribution in [2.75, 3.05) is 44.6 Å². The van der Waals surface area contributed by atoms with Crippen molar-refractivity contribution in [1.29, 1.82) is 0 Å². The molecule has 2 bridgehead atoms. The zero-order valence-corrected chi connectivity index (χ0v) is 21.1. The maximum atomic E-state index is 13.2. The largest absolute Gasteiger partial charge is 0.404 e. The molecule has 0 saturated carbocycles. The summed E-state index contributed by atoms with van der Waals surface area (Å²) in [5, 5.41) is 19.6. The zero-order valence-electron chi connectivity index (χ0n) is 21.1. The van der Waals surface area contributed by atoms with Crippen molar-refractivity contribution < 1.29 is 14.7 Å². The van der Waals surface area contributed by atoms with Crippen LogP contribution in [-0.2, 0) is 0 Å². The summed E-state index contributed by atoms with van der Waals surface area (Å²) in [7, 11) is 0. The number of likely N-dealkylation sites (tertiary alicyclic amines) is 1. The highest BCUT2D eigenvalue weighted by Gasteiger charge is 2.25. The van der Waals surface area contributed by atoms with Crippen molar-refractivity contribution in [3.05, 3.63) is 47.7 Å². The summed E-state index contributed by atoms with van der Waals surface area (Å²) >= 11 is 0. The minimum atomic E-state index is -0.442. The number of hydrogen-bond acceptors (Lipinski definition) is 8. The SMILES string of the molecule is NC=C1C=NCCCCCCNC(=O)c2nn(C3CCN(CCO)CC3)cc2NC(=O)c2cccc1n2. The molecule has 4 rings (SSSR count). The van der Waals surface area contributed by atoms with Gasteiger partial charge in [-0.15, -0.1) is 0 Å². The fraction of sp³-hybridized carbons (Fsp3) is 0.500. The maximum Gasteiger partial charge on any atom is 0.274 e. The van der Waals surface area contributed by atoms with Crippen molar-refractivity contribution in [1.82, 2.24) is 25.0 Å². The molecule has 37 heavy (non-hydrogen) atoms. The smallest absolute Gasteiger partial charge is 0.274 e. The van der Waals surface area contributed by atoms with Gasteiger partial charge in [-0.2, -0.15) is 5.10 Å². The second-order valence-corrected chi connectivity index (χ2v) is 9.36. The number of aliphatic imine (C=N–C) groups is 1. The predicted molar refractivity (Wildman–Crippen MR) is 143 cm³/mol. The van der Waals surface area contributed by atoms with E-state index in [1.54, 1.807) is 35.3 Å². The molecule has 2 aliphatic heterocycles. The first-order valence-corrected chi connectivity index (χ1v) is 13.0. The summed E-state index contributed by atoms with van der Waals surface area (Å²) in [5.41, 5.74) is 7.73. The molecule has 0 aliphatic carbocycles. The number of hydrogen-bond donors (Lipinski definition) is 4. The molecular weight excluding hydrogens is 472 g/mol. The molecule has 2 amide bonds. The molecule has 2 aromatic heterocycles. The van der Waals surface area contributed by atoms with Crippen LogP contribution < -0.4 is 16.4 Å². The average Bonchev–Trinajstić information content (AvgIpc) is 3.33. The Bertz CT molecular complexity index is 1130. The number of rotatable bonds is 3. The fourth-order valence-corrected chi connectivity index (χ4v) is 4.62. The van der Waals surface area contributed by atoms with Gasteiger partial charge in [0.05, 0.1) is 24.0 Å². The molecule has 5 N–H and O–H groups in total. The van der Waals surface area contributed by atoms with Crippen LogP contribution in [0.4, 0.5) is 5.69 Å². The molecule has 11 nitrogen and oxygen atoms in total. The summed E-state index contributed by atoms with van der Waals surface area (Å²) in [4.78, 5) is 37.4. The van der Waals surface area contributed by atoms with E-state index < -0.39 is 5.91 Å². The van der Waals surface area contributed by atoms with Gasteiger partial charge in [0, 0.05) is 56.9 Å². The Balaban J connectivity index is 1.60. The van der Waals surface area contributed by atoms with Crippen LogP contribution in [0.15, 0.2) is 35.6 Å². The normalized spacial score (nSPS) is 20.1. The molecule has 1 saturated heterocycles. The number of piperidine rings is 1. The third-order valence-electron chi connectivity index (χ3n) is 6.73. The molecule has 0 aromatic carbocycles. The van der Waals surface area contributed by atoms with Crippen LogP contribution >= 0.6 is 0 Å². The second-order valence-electron chi connectivity index (χ2n) is 9.36. The number of β-amino-alcohol motifs (C(OH)–C–C–N with tert-alkyl or cyclic N) is 1. The quantitative estimate of drug-likeness (QED) is 0.494. The third kappa shape index (κ3) is 7.01. The van der Waals surface area contributed by atoms with Gasteiger partial charge in [-0.25, -0.2) is 4.98 Å². The number of aliphatic hydroxyl groups is 1. The van der Waals surface area contributed by atoms with E-state index in [2.05, 4.69) is 30.6 Å². The first-order chi connectivity index (χ1) is 18.1. The molecule has 0 radical (unpaired) electrons. The highest BCUT2D eigenvalue weighted by Crippen LogP contribution is 2.25. The van der Waals surface area contributed by atoms with Crippen LogP contribution in [0.5, 0.6) is 0 Å². The lowest BCUT2D eigenvalue weighted by atomic mass is 10.1. The molecule has 0 spiro atoms. The highest BCUT2D eigenvalue weighted by atomic mass is 16.3. The van der Waals surface area contributed by atoms with Gasteiger partial charge in [-0.1, -0.05) is 18.9 Å². The molecule has 0 atom stereocenters. The van der Waals surface area contributed by atoms with E-state index in [9.17, 15) is 14.7 Å². The third-order valence-corrected chi connectivity index (χ3v) is 6.73. The zero-order chi connectivity index (χ0) is 26.0. The molecular formula is C26H36N8O3. The molecule has 2 aliphatic rings. The second kappa shape index (κ2) is 13.1. The minimum absolute atomic E-state index is 0.103. The number of fused-ring (bicyclic) bond motifs is 3. The van der Waals surface area contributed by atoms with Crippen molar-refractivity contribution >= 4 is 29.3 Å². The number of allylic oxidation sites excluding steroid dienone is 1. The summed E-state index contributed by atoms with van der Waals surface area (Å²) in [6.45, 7) is 3.67. The summed E-state index contributed by atoms with van der Waals surface area (Å²) in [6, 6.07) is 5.24. The Kier molecular flexibility index (Phi) is 9.39. The Morgan fingerprint density at radius 2 is 1.86 bits per heavy atom. The Hall–Kier alpha value is -3.57. The van der Waals surface area contributed by atoms with Crippen molar-refractivity contribution in [3.8, 4) is 0 Å². The average molecular weight is 509 g/mol. The van der Waals surface area contributed by atoms with Gasteiger partial charge in [-0.3, -0.25) is 19.3 Å². The Labute approximate surface area is 216 Å². The molecule has 198 valence electrons. The van der Waals surface area contributed by atoms with Crippen molar-refractivity contribution in [2.24, 2.45) is 10.7 Å². The van der Waals surface area contributed by atoms with Crippen molar-refractivity contribution in [2.45, 2.75) is 44.6 Å². The lowest BCUT2D eigenvalue weighted by molar-refractivity contribution is 0.0946. The first kappa shape index (κ1) is 26.5. The van der Waals surface area contributed by atoms with Gasteiger partial charge in [-0.05, 0) is 37.8 Å². The maximum absolute atomic E-state index is 13.2. The van der Waals surface area contributed by atoms with E-state index in [0.717, 1.165) is 51.6 Å².